The Morgan fingerprint density at radius 2 is 1.67 bits per heavy atom. The fraction of sp³-hybridized carbons (Fsp3) is 0.667. The number of aryl methyl sites for hydroxylation is 1. The molecule has 148 valence electrons. The average molecular weight is 391 g/mol. The highest BCUT2D eigenvalue weighted by atomic mass is 32.2. The number of carbonyl (C=O) groups excluding carboxylic acids is 1. The molecule has 1 aromatic carbocycles. The van der Waals surface area contributed by atoms with Crippen molar-refractivity contribution in [3.05, 3.63) is 29.3 Å². The van der Waals surface area contributed by atoms with E-state index in [1.807, 2.05) is 6.92 Å². The first kappa shape index (κ1) is 18.9. The first-order valence-corrected chi connectivity index (χ1v) is 11.4. The molecule has 0 aliphatic heterocycles. The smallest absolute Gasteiger partial charge is 0.251 e. The van der Waals surface area contributed by atoms with Gasteiger partial charge in [0.2, 0.25) is 10.0 Å². The van der Waals surface area contributed by atoms with Gasteiger partial charge in [-0.15, -0.1) is 0 Å². The Labute approximate surface area is 162 Å². The number of nitrogens with zero attached hydrogens (tertiary/aromatic N) is 1. The molecule has 5 rings (SSSR count). The second-order valence-electron chi connectivity index (χ2n) is 9.36. The molecular weight excluding hydrogens is 360 g/mol. The van der Waals surface area contributed by atoms with Crippen LogP contribution in [0.1, 0.15) is 54.4 Å². The van der Waals surface area contributed by atoms with Crippen molar-refractivity contribution in [1.82, 2.24) is 9.62 Å². The molecule has 0 atom stereocenters. The van der Waals surface area contributed by atoms with Crippen LogP contribution in [-0.4, -0.2) is 39.3 Å². The predicted octanol–water partition coefficient (Wildman–Crippen LogP) is 3.19. The highest BCUT2D eigenvalue weighted by molar-refractivity contribution is 7.89. The van der Waals surface area contributed by atoms with Crippen LogP contribution >= 0.6 is 0 Å². The molecule has 0 aromatic heterocycles. The van der Waals surface area contributed by atoms with E-state index in [-0.39, 0.29) is 16.2 Å². The van der Waals surface area contributed by atoms with Crippen molar-refractivity contribution < 1.29 is 13.2 Å². The van der Waals surface area contributed by atoms with Gasteiger partial charge in [0.1, 0.15) is 0 Å². The number of sulfonamides is 1. The zero-order valence-corrected chi connectivity index (χ0v) is 17.3. The Balaban J connectivity index is 1.51. The quantitative estimate of drug-likeness (QED) is 0.840. The molecule has 4 aliphatic rings. The molecule has 27 heavy (non-hydrogen) atoms. The largest absolute Gasteiger partial charge is 0.351 e. The Kier molecular flexibility index (Phi) is 4.62. The molecule has 4 bridgehead atoms. The van der Waals surface area contributed by atoms with E-state index in [1.54, 1.807) is 12.1 Å². The first-order chi connectivity index (χ1) is 12.7. The lowest BCUT2D eigenvalue weighted by atomic mass is 9.49. The molecule has 0 heterocycles. The second kappa shape index (κ2) is 6.59. The van der Waals surface area contributed by atoms with Crippen LogP contribution in [0.15, 0.2) is 23.1 Å². The van der Waals surface area contributed by atoms with E-state index in [4.69, 9.17) is 0 Å². The van der Waals surface area contributed by atoms with E-state index in [0.717, 1.165) is 29.9 Å². The number of amides is 1. The van der Waals surface area contributed by atoms with Gasteiger partial charge in [0.15, 0.2) is 0 Å². The second-order valence-corrected chi connectivity index (χ2v) is 11.5. The summed E-state index contributed by atoms with van der Waals surface area (Å²) in [5.41, 5.74) is 1.53. The molecule has 1 aromatic rings. The highest BCUT2D eigenvalue weighted by Crippen LogP contribution is 2.59. The van der Waals surface area contributed by atoms with Gasteiger partial charge in [0, 0.05) is 26.2 Å². The summed E-state index contributed by atoms with van der Waals surface area (Å²) in [6.45, 7) is 2.57. The monoisotopic (exact) mass is 390 g/mol. The van der Waals surface area contributed by atoms with E-state index in [9.17, 15) is 13.2 Å². The molecular formula is C21H30N2O3S. The van der Waals surface area contributed by atoms with E-state index in [1.165, 1.54) is 63.0 Å². The van der Waals surface area contributed by atoms with Crippen molar-refractivity contribution in [2.24, 2.45) is 23.2 Å². The average Bonchev–Trinajstić information content (AvgIpc) is 2.58. The molecule has 5 nitrogen and oxygen atoms in total. The van der Waals surface area contributed by atoms with Crippen LogP contribution < -0.4 is 5.32 Å². The zero-order valence-electron chi connectivity index (χ0n) is 16.5. The minimum absolute atomic E-state index is 0.154. The van der Waals surface area contributed by atoms with Crippen LogP contribution in [0, 0.1) is 30.1 Å². The molecule has 1 amide bonds. The van der Waals surface area contributed by atoms with Crippen LogP contribution in [0.3, 0.4) is 0 Å². The van der Waals surface area contributed by atoms with Gasteiger partial charge < -0.3 is 5.32 Å². The Hall–Kier alpha value is -1.40. The van der Waals surface area contributed by atoms with Gasteiger partial charge in [0.25, 0.3) is 5.91 Å². The summed E-state index contributed by atoms with van der Waals surface area (Å²) in [6, 6.07) is 4.80. The zero-order chi connectivity index (χ0) is 19.4. The van der Waals surface area contributed by atoms with Gasteiger partial charge in [-0.1, -0.05) is 6.07 Å². The van der Waals surface area contributed by atoms with Crippen molar-refractivity contribution >= 4 is 15.9 Å². The number of hydrogen-bond acceptors (Lipinski definition) is 3. The van der Waals surface area contributed by atoms with Crippen molar-refractivity contribution in [2.45, 2.75) is 50.3 Å². The fourth-order valence-electron chi connectivity index (χ4n) is 6.09. The summed E-state index contributed by atoms with van der Waals surface area (Å²) in [6.07, 6.45) is 7.89. The van der Waals surface area contributed by atoms with Crippen molar-refractivity contribution in [1.29, 1.82) is 0 Å². The Morgan fingerprint density at radius 1 is 1.11 bits per heavy atom. The predicted molar refractivity (Wildman–Crippen MR) is 105 cm³/mol. The lowest BCUT2D eigenvalue weighted by molar-refractivity contribution is -0.0503. The van der Waals surface area contributed by atoms with Crippen molar-refractivity contribution in [3.63, 3.8) is 0 Å². The lowest BCUT2D eigenvalue weighted by Crippen LogP contribution is -2.51. The van der Waals surface area contributed by atoms with Gasteiger partial charge in [-0.05, 0) is 86.3 Å². The summed E-state index contributed by atoms with van der Waals surface area (Å²) in [4.78, 5) is 13.1. The van der Waals surface area contributed by atoms with Crippen LogP contribution in [0.25, 0.3) is 0 Å². The van der Waals surface area contributed by atoms with E-state index in [0.29, 0.717) is 5.56 Å². The molecule has 6 heteroatoms. The Bertz CT molecular complexity index is 825. The summed E-state index contributed by atoms with van der Waals surface area (Å²) in [5.74, 6) is 2.40. The summed E-state index contributed by atoms with van der Waals surface area (Å²) < 4.78 is 26.0. The van der Waals surface area contributed by atoms with Gasteiger partial charge >= 0.3 is 0 Å². The number of benzene rings is 1. The maximum atomic E-state index is 12.9. The normalized spacial score (nSPS) is 32.1. The van der Waals surface area contributed by atoms with Crippen molar-refractivity contribution in [2.75, 3.05) is 20.6 Å². The molecule has 0 unspecified atom stereocenters. The molecule has 4 saturated carbocycles. The molecule has 0 radical (unpaired) electrons. The Morgan fingerprint density at radius 3 is 2.19 bits per heavy atom. The molecule has 1 N–H and O–H groups in total. The number of nitrogens with one attached hydrogen (secondary N) is 1. The molecule has 0 spiro atoms. The van der Waals surface area contributed by atoms with Gasteiger partial charge in [-0.25, -0.2) is 12.7 Å². The van der Waals surface area contributed by atoms with Crippen molar-refractivity contribution in [3.8, 4) is 0 Å². The maximum Gasteiger partial charge on any atom is 0.251 e. The third-order valence-corrected chi connectivity index (χ3v) is 8.83. The van der Waals surface area contributed by atoms with Crippen LogP contribution in [0.4, 0.5) is 0 Å². The molecule has 4 aliphatic carbocycles. The standard InChI is InChI=1S/C21H30N2O3S/c1-14-4-5-18(27(25,26)23(2)3)9-19(14)20(24)22-13-21-10-15-6-16(11-21)8-17(7-15)12-21/h4-5,9,15-17H,6-8,10-13H2,1-3H3,(H,22,24). The summed E-state index contributed by atoms with van der Waals surface area (Å²) in [7, 11) is -0.544. The van der Waals surface area contributed by atoms with Gasteiger partial charge in [0.05, 0.1) is 4.90 Å². The minimum Gasteiger partial charge on any atom is -0.351 e. The SMILES string of the molecule is Cc1ccc(S(=O)(=O)N(C)C)cc1C(=O)NCC12CC3CC(CC(C3)C1)C2. The lowest BCUT2D eigenvalue weighted by Gasteiger charge is -2.56. The van der Waals surface area contributed by atoms with E-state index in [2.05, 4.69) is 5.32 Å². The van der Waals surface area contributed by atoms with Crippen LogP contribution in [0.2, 0.25) is 0 Å². The third kappa shape index (κ3) is 3.42. The van der Waals surface area contributed by atoms with Crippen LogP contribution in [0.5, 0.6) is 0 Å². The van der Waals surface area contributed by atoms with E-state index >= 15 is 0 Å². The van der Waals surface area contributed by atoms with Gasteiger partial charge in [-0.3, -0.25) is 4.79 Å². The number of carbonyl (C=O) groups is 1. The van der Waals surface area contributed by atoms with E-state index < -0.39 is 10.0 Å². The minimum atomic E-state index is -3.55. The topological polar surface area (TPSA) is 66.5 Å². The summed E-state index contributed by atoms with van der Waals surface area (Å²) >= 11 is 0. The highest BCUT2D eigenvalue weighted by Gasteiger charge is 2.50. The molecule has 4 fully saturated rings. The number of hydrogen-bond donors (Lipinski definition) is 1. The third-order valence-electron chi connectivity index (χ3n) is 7.02. The first-order valence-electron chi connectivity index (χ1n) is 10.00. The molecule has 0 saturated heterocycles. The van der Waals surface area contributed by atoms with Crippen LogP contribution in [-0.2, 0) is 10.0 Å². The van der Waals surface area contributed by atoms with Gasteiger partial charge in [-0.2, -0.15) is 0 Å². The summed E-state index contributed by atoms with van der Waals surface area (Å²) in [5, 5.41) is 3.16. The fourth-order valence-corrected chi connectivity index (χ4v) is 7.01. The number of rotatable bonds is 5. The maximum absolute atomic E-state index is 12.9.